The van der Waals surface area contributed by atoms with Gasteiger partial charge in [-0.1, -0.05) is 11.6 Å². The monoisotopic (exact) mass is 268 g/mol. The Morgan fingerprint density at radius 2 is 2.35 bits per heavy atom. The molecule has 1 fully saturated rings. The standard InChI is InChI=1S/C12H13ClN2OS/c13-12-4-3-9(17-12)5-11(16)10-6-14-7-15(10)8-1-2-8/h3-4,6-8,11,16H,1-2,5H2. The molecule has 1 saturated carbocycles. The molecule has 2 aromatic heterocycles. The molecule has 3 rings (SSSR count). The molecule has 1 unspecified atom stereocenters. The summed E-state index contributed by atoms with van der Waals surface area (Å²) in [5.74, 6) is 0. The molecule has 1 aliphatic rings. The van der Waals surface area contributed by atoms with Crippen molar-refractivity contribution >= 4 is 22.9 Å². The minimum Gasteiger partial charge on any atom is -0.386 e. The first kappa shape index (κ1) is 11.3. The lowest BCUT2D eigenvalue weighted by Gasteiger charge is -2.12. The third kappa shape index (κ3) is 2.39. The van der Waals surface area contributed by atoms with Crippen molar-refractivity contribution in [3.05, 3.63) is 39.6 Å². The second kappa shape index (κ2) is 4.44. The third-order valence-electron chi connectivity index (χ3n) is 3.00. The van der Waals surface area contributed by atoms with E-state index >= 15 is 0 Å². The summed E-state index contributed by atoms with van der Waals surface area (Å²) in [5, 5.41) is 10.2. The molecule has 1 aliphatic carbocycles. The van der Waals surface area contributed by atoms with E-state index in [4.69, 9.17) is 11.6 Å². The summed E-state index contributed by atoms with van der Waals surface area (Å²) >= 11 is 7.40. The van der Waals surface area contributed by atoms with Gasteiger partial charge in [0.05, 0.1) is 22.6 Å². The minimum absolute atomic E-state index is 0.493. The molecule has 17 heavy (non-hydrogen) atoms. The Morgan fingerprint density at radius 3 is 3.00 bits per heavy atom. The molecule has 2 aromatic rings. The molecular formula is C12H13ClN2OS. The molecule has 3 nitrogen and oxygen atoms in total. The zero-order valence-corrected chi connectivity index (χ0v) is 10.8. The molecule has 0 aromatic carbocycles. The Hall–Kier alpha value is -0.840. The second-order valence-electron chi connectivity index (χ2n) is 4.38. The highest BCUT2D eigenvalue weighted by Gasteiger charge is 2.27. The van der Waals surface area contributed by atoms with Crippen LogP contribution in [0.25, 0.3) is 0 Å². The van der Waals surface area contributed by atoms with Gasteiger partial charge in [-0.05, 0) is 25.0 Å². The Kier molecular flexibility index (Phi) is 2.94. The average Bonchev–Trinajstić information content (AvgIpc) is 2.88. The van der Waals surface area contributed by atoms with E-state index in [2.05, 4.69) is 9.55 Å². The SMILES string of the molecule is OC(Cc1ccc(Cl)s1)c1cncn1C1CC1. The highest BCUT2D eigenvalue weighted by atomic mass is 35.5. The van der Waals surface area contributed by atoms with Crippen LogP contribution in [0.3, 0.4) is 0 Å². The van der Waals surface area contributed by atoms with Crippen LogP contribution in [0.1, 0.15) is 35.6 Å². The van der Waals surface area contributed by atoms with E-state index < -0.39 is 6.10 Å². The first-order chi connectivity index (χ1) is 8.24. The summed E-state index contributed by atoms with van der Waals surface area (Å²) in [6.45, 7) is 0. The predicted molar refractivity (Wildman–Crippen MR) is 68.5 cm³/mol. The summed E-state index contributed by atoms with van der Waals surface area (Å²) < 4.78 is 2.86. The average molecular weight is 269 g/mol. The first-order valence-electron chi connectivity index (χ1n) is 5.68. The van der Waals surface area contributed by atoms with Gasteiger partial charge in [-0.15, -0.1) is 11.3 Å². The fourth-order valence-electron chi connectivity index (χ4n) is 1.99. The molecular weight excluding hydrogens is 256 g/mol. The van der Waals surface area contributed by atoms with Crippen molar-refractivity contribution in [2.75, 3.05) is 0 Å². The number of rotatable bonds is 4. The summed E-state index contributed by atoms with van der Waals surface area (Å²) in [6.07, 6.45) is 6.08. The molecule has 0 radical (unpaired) electrons. The lowest BCUT2D eigenvalue weighted by Crippen LogP contribution is -2.07. The Bertz CT molecular complexity index is 518. The van der Waals surface area contributed by atoms with E-state index in [1.54, 1.807) is 6.20 Å². The number of aliphatic hydroxyl groups excluding tert-OH is 1. The van der Waals surface area contributed by atoms with Gasteiger partial charge in [0.1, 0.15) is 6.10 Å². The van der Waals surface area contributed by atoms with Crippen LogP contribution in [0.2, 0.25) is 4.34 Å². The highest BCUT2D eigenvalue weighted by molar-refractivity contribution is 7.16. The number of aliphatic hydroxyl groups is 1. The summed E-state index contributed by atoms with van der Waals surface area (Å²) in [5.41, 5.74) is 0.914. The van der Waals surface area contributed by atoms with Crippen LogP contribution in [0.5, 0.6) is 0 Å². The minimum atomic E-state index is -0.493. The Labute approximate surface area is 109 Å². The molecule has 5 heteroatoms. The van der Waals surface area contributed by atoms with Gasteiger partial charge in [-0.25, -0.2) is 4.98 Å². The normalized spacial score (nSPS) is 17.3. The van der Waals surface area contributed by atoms with Gasteiger partial charge in [-0.3, -0.25) is 0 Å². The second-order valence-corrected chi connectivity index (χ2v) is 6.18. The maximum absolute atomic E-state index is 10.2. The number of aromatic nitrogens is 2. The molecule has 0 saturated heterocycles. The first-order valence-corrected chi connectivity index (χ1v) is 6.87. The van der Waals surface area contributed by atoms with Gasteiger partial charge in [-0.2, -0.15) is 0 Å². The highest BCUT2D eigenvalue weighted by Crippen LogP contribution is 2.37. The van der Waals surface area contributed by atoms with Gasteiger partial charge in [0.2, 0.25) is 0 Å². The maximum atomic E-state index is 10.2. The van der Waals surface area contributed by atoms with Crippen LogP contribution < -0.4 is 0 Å². The molecule has 0 aliphatic heterocycles. The molecule has 0 bridgehead atoms. The Balaban J connectivity index is 1.76. The zero-order chi connectivity index (χ0) is 11.8. The van der Waals surface area contributed by atoms with Crippen LogP contribution >= 0.6 is 22.9 Å². The summed E-state index contributed by atoms with van der Waals surface area (Å²) in [4.78, 5) is 5.23. The van der Waals surface area contributed by atoms with Crippen molar-refractivity contribution < 1.29 is 5.11 Å². The predicted octanol–water partition coefficient (Wildman–Crippen LogP) is 3.21. The van der Waals surface area contributed by atoms with Gasteiger partial charge < -0.3 is 9.67 Å². The lowest BCUT2D eigenvalue weighted by molar-refractivity contribution is 0.169. The number of hydrogen-bond acceptors (Lipinski definition) is 3. The van der Waals surface area contributed by atoms with Gasteiger partial charge >= 0.3 is 0 Å². The van der Waals surface area contributed by atoms with E-state index in [-0.39, 0.29) is 0 Å². The van der Waals surface area contributed by atoms with Crippen molar-refractivity contribution in [3.63, 3.8) is 0 Å². The molecule has 1 N–H and O–H groups in total. The Morgan fingerprint density at radius 1 is 1.53 bits per heavy atom. The maximum Gasteiger partial charge on any atom is 0.100 e. The molecule has 0 spiro atoms. The molecule has 0 amide bonds. The quantitative estimate of drug-likeness (QED) is 0.925. The van der Waals surface area contributed by atoms with Crippen LogP contribution in [0, 0.1) is 0 Å². The van der Waals surface area contributed by atoms with E-state index in [1.165, 1.54) is 24.2 Å². The molecule has 2 heterocycles. The fourth-order valence-corrected chi connectivity index (χ4v) is 3.11. The molecule has 1 atom stereocenters. The smallest absolute Gasteiger partial charge is 0.100 e. The third-order valence-corrected chi connectivity index (χ3v) is 4.25. The largest absolute Gasteiger partial charge is 0.386 e. The van der Waals surface area contributed by atoms with E-state index in [0.717, 1.165) is 14.9 Å². The summed E-state index contributed by atoms with van der Waals surface area (Å²) in [6, 6.07) is 4.38. The van der Waals surface area contributed by atoms with Crippen molar-refractivity contribution in [2.24, 2.45) is 0 Å². The fraction of sp³-hybridized carbons (Fsp3) is 0.417. The van der Waals surface area contributed by atoms with Crippen LogP contribution in [0.4, 0.5) is 0 Å². The van der Waals surface area contributed by atoms with Crippen molar-refractivity contribution in [2.45, 2.75) is 31.4 Å². The number of imidazole rings is 1. The van der Waals surface area contributed by atoms with E-state index in [1.807, 2.05) is 18.5 Å². The van der Waals surface area contributed by atoms with Crippen LogP contribution in [0.15, 0.2) is 24.7 Å². The molecule has 90 valence electrons. The number of nitrogens with zero attached hydrogens (tertiary/aromatic N) is 2. The van der Waals surface area contributed by atoms with Gasteiger partial charge in [0.15, 0.2) is 0 Å². The summed E-state index contributed by atoms with van der Waals surface area (Å²) in [7, 11) is 0. The van der Waals surface area contributed by atoms with Crippen molar-refractivity contribution in [3.8, 4) is 0 Å². The van der Waals surface area contributed by atoms with Crippen molar-refractivity contribution in [1.82, 2.24) is 9.55 Å². The zero-order valence-electron chi connectivity index (χ0n) is 9.21. The van der Waals surface area contributed by atoms with Crippen LogP contribution in [-0.4, -0.2) is 14.7 Å². The van der Waals surface area contributed by atoms with E-state index in [9.17, 15) is 5.11 Å². The van der Waals surface area contributed by atoms with Crippen LogP contribution in [-0.2, 0) is 6.42 Å². The number of hydrogen-bond donors (Lipinski definition) is 1. The van der Waals surface area contributed by atoms with E-state index in [0.29, 0.717) is 12.5 Å². The number of thiophene rings is 1. The van der Waals surface area contributed by atoms with Gasteiger partial charge in [0, 0.05) is 17.3 Å². The topological polar surface area (TPSA) is 38.1 Å². The van der Waals surface area contributed by atoms with Gasteiger partial charge in [0.25, 0.3) is 0 Å². The lowest BCUT2D eigenvalue weighted by atomic mass is 10.1. The van der Waals surface area contributed by atoms with Crippen molar-refractivity contribution in [1.29, 1.82) is 0 Å². The number of halogens is 1.